The molecule has 6 heteroatoms. The minimum Gasteiger partial charge on any atom is -0.376 e. The highest BCUT2D eigenvalue weighted by atomic mass is 19.1. The van der Waals surface area contributed by atoms with Gasteiger partial charge in [0, 0.05) is 12.5 Å². The fourth-order valence-corrected chi connectivity index (χ4v) is 3.10. The summed E-state index contributed by atoms with van der Waals surface area (Å²) >= 11 is 0. The van der Waals surface area contributed by atoms with Gasteiger partial charge in [-0.05, 0) is 50.3 Å². The van der Waals surface area contributed by atoms with Gasteiger partial charge in [0.05, 0.1) is 23.4 Å². The topological polar surface area (TPSA) is 67.4 Å². The van der Waals surface area contributed by atoms with Crippen molar-refractivity contribution in [3.8, 4) is 0 Å². The third-order valence-electron chi connectivity index (χ3n) is 4.81. The van der Waals surface area contributed by atoms with Gasteiger partial charge in [0.1, 0.15) is 5.82 Å². The first-order chi connectivity index (χ1) is 11.5. The van der Waals surface area contributed by atoms with Crippen molar-refractivity contribution in [2.24, 2.45) is 11.8 Å². The number of rotatable bonds is 5. The molecule has 0 aromatic heterocycles. The second-order valence-electron chi connectivity index (χ2n) is 6.81. The summed E-state index contributed by atoms with van der Waals surface area (Å²) in [4.78, 5) is 24.7. The molecular formula is C18H23FN2O3. The highest BCUT2D eigenvalue weighted by molar-refractivity contribution is 6.04. The van der Waals surface area contributed by atoms with Gasteiger partial charge in [0.15, 0.2) is 0 Å². The molecule has 5 nitrogen and oxygen atoms in total. The third-order valence-corrected chi connectivity index (χ3v) is 4.81. The third kappa shape index (κ3) is 3.75. The van der Waals surface area contributed by atoms with Gasteiger partial charge < -0.3 is 15.4 Å². The normalized spacial score (nSPS) is 26.7. The molecule has 1 aliphatic carbocycles. The van der Waals surface area contributed by atoms with Crippen molar-refractivity contribution in [3.05, 3.63) is 29.6 Å². The molecule has 130 valence electrons. The average molecular weight is 334 g/mol. The Morgan fingerprint density at radius 1 is 1.38 bits per heavy atom. The zero-order chi connectivity index (χ0) is 17.3. The predicted octanol–water partition coefficient (Wildman–Crippen LogP) is 2.72. The Morgan fingerprint density at radius 2 is 2.12 bits per heavy atom. The van der Waals surface area contributed by atoms with Crippen molar-refractivity contribution in [3.63, 3.8) is 0 Å². The van der Waals surface area contributed by atoms with E-state index in [9.17, 15) is 14.0 Å². The van der Waals surface area contributed by atoms with E-state index in [2.05, 4.69) is 10.6 Å². The number of hydrogen-bond donors (Lipinski definition) is 2. The number of ether oxygens (including phenoxy) is 1. The molecule has 1 heterocycles. The van der Waals surface area contributed by atoms with Crippen LogP contribution in [0, 0.1) is 17.7 Å². The van der Waals surface area contributed by atoms with Gasteiger partial charge in [0.2, 0.25) is 5.91 Å². The van der Waals surface area contributed by atoms with E-state index in [-0.39, 0.29) is 29.5 Å². The summed E-state index contributed by atoms with van der Waals surface area (Å²) in [5, 5.41) is 5.61. The first-order valence-corrected chi connectivity index (χ1v) is 8.48. The highest BCUT2D eigenvalue weighted by Gasteiger charge is 2.39. The van der Waals surface area contributed by atoms with Crippen LogP contribution in [0.2, 0.25) is 0 Å². The number of carbonyl (C=O) groups excluding carboxylic acids is 2. The fourth-order valence-electron chi connectivity index (χ4n) is 3.10. The van der Waals surface area contributed by atoms with Gasteiger partial charge in [-0.1, -0.05) is 6.92 Å². The van der Waals surface area contributed by atoms with E-state index in [4.69, 9.17) is 4.74 Å². The molecule has 0 spiro atoms. The van der Waals surface area contributed by atoms with Crippen LogP contribution in [-0.2, 0) is 9.53 Å². The van der Waals surface area contributed by atoms with Crippen molar-refractivity contribution in [1.82, 2.24) is 5.32 Å². The lowest BCUT2D eigenvalue weighted by atomic mass is 10.1. The maximum atomic E-state index is 13.6. The zero-order valence-electron chi connectivity index (χ0n) is 14.0. The van der Waals surface area contributed by atoms with E-state index in [1.807, 2.05) is 13.8 Å². The molecular weight excluding hydrogens is 311 g/mol. The fraction of sp³-hybridized carbons (Fsp3) is 0.556. The lowest BCUT2D eigenvalue weighted by molar-refractivity contribution is -0.117. The molecule has 2 amide bonds. The molecule has 3 rings (SSSR count). The second kappa shape index (κ2) is 6.89. The van der Waals surface area contributed by atoms with Gasteiger partial charge in [-0.2, -0.15) is 0 Å². The van der Waals surface area contributed by atoms with E-state index < -0.39 is 11.7 Å². The lowest BCUT2D eigenvalue weighted by Gasteiger charge is -2.21. The Morgan fingerprint density at radius 3 is 2.75 bits per heavy atom. The molecule has 1 saturated heterocycles. The van der Waals surface area contributed by atoms with Crippen LogP contribution in [0.4, 0.5) is 10.1 Å². The maximum absolute atomic E-state index is 13.6. The van der Waals surface area contributed by atoms with E-state index in [0.717, 1.165) is 25.3 Å². The van der Waals surface area contributed by atoms with Crippen LogP contribution < -0.4 is 10.6 Å². The average Bonchev–Trinajstić information content (AvgIpc) is 3.05. The molecule has 1 aromatic rings. The Kier molecular flexibility index (Phi) is 4.85. The highest BCUT2D eigenvalue weighted by Crippen LogP contribution is 2.38. The molecule has 0 bridgehead atoms. The minimum absolute atomic E-state index is 0.0169. The molecule has 0 unspecified atom stereocenters. The van der Waals surface area contributed by atoms with Crippen molar-refractivity contribution in [2.75, 3.05) is 11.9 Å². The summed E-state index contributed by atoms with van der Waals surface area (Å²) in [5.74, 6) is -0.686. The number of amides is 2. The van der Waals surface area contributed by atoms with E-state index in [1.165, 1.54) is 12.1 Å². The molecule has 1 aliphatic heterocycles. The summed E-state index contributed by atoms with van der Waals surface area (Å²) < 4.78 is 19.2. The Labute approximate surface area is 141 Å². The zero-order valence-corrected chi connectivity index (χ0v) is 14.0. The number of nitrogens with one attached hydrogen (secondary N) is 2. The number of carbonyl (C=O) groups is 2. The number of halogens is 1. The lowest BCUT2D eigenvalue weighted by Crippen LogP contribution is -2.41. The first kappa shape index (κ1) is 16.9. The summed E-state index contributed by atoms with van der Waals surface area (Å²) in [6.07, 6.45) is 2.71. The Hall–Kier alpha value is -1.95. The van der Waals surface area contributed by atoms with E-state index in [1.54, 1.807) is 0 Å². The maximum Gasteiger partial charge on any atom is 0.253 e. The van der Waals surface area contributed by atoms with E-state index in [0.29, 0.717) is 18.2 Å². The van der Waals surface area contributed by atoms with Crippen LogP contribution >= 0.6 is 0 Å². The summed E-state index contributed by atoms with van der Waals surface area (Å²) in [7, 11) is 0. The quantitative estimate of drug-likeness (QED) is 0.870. The smallest absolute Gasteiger partial charge is 0.253 e. The summed E-state index contributed by atoms with van der Waals surface area (Å²) in [6.45, 7) is 4.58. The summed E-state index contributed by atoms with van der Waals surface area (Å²) in [5.41, 5.74) is 0.485. The number of hydrogen-bond acceptors (Lipinski definition) is 3. The van der Waals surface area contributed by atoms with Gasteiger partial charge in [-0.3, -0.25) is 9.59 Å². The van der Waals surface area contributed by atoms with Gasteiger partial charge in [0.25, 0.3) is 5.91 Å². The van der Waals surface area contributed by atoms with Crippen LogP contribution in [0.3, 0.4) is 0 Å². The first-order valence-electron chi connectivity index (χ1n) is 8.48. The van der Waals surface area contributed by atoms with Gasteiger partial charge >= 0.3 is 0 Å². The van der Waals surface area contributed by atoms with Crippen molar-refractivity contribution >= 4 is 17.5 Å². The Bertz CT molecular complexity index is 643. The van der Waals surface area contributed by atoms with Crippen molar-refractivity contribution < 1.29 is 18.7 Å². The predicted molar refractivity (Wildman–Crippen MR) is 88.2 cm³/mol. The molecule has 1 saturated carbocycles. The molecule has 2 N–H and O–H groups in total. The molecule has 0 radical (unpaired) electrons. The minimum atomic E-state index is -0.511. The van der Waals surface area contributed by atoms with Gasteiger partial charge in [-0.15, -0.1) is 0 Å². The van der Waals surface area contributed by atoms with E-state index >= 15 is 0 Å². The summed E-state index contributed by atoms with van der Waals surface area (Å²) in [6, 6.07) is 3.66. The van der Waals surface area contributed by atoms with Crippen LogP contribution in [0.5, 0.6) is 0 Å². The molecule has 2 fully saturated rings. The molecule has 4 atom stereocenters. The standard InChI is InChI=1S/C18H23FN2O3/c1-10-8-13(10)17(22)21-15-6-5-12(19)9-14(15)18(23)20-11(2)16-4-3-7-24-16/h5-6,9-11,13,16H,3-4,7-8H2,1-2H3,(H,20,23)(H,21,22)/t10-,11+,13+,16+/m1/s1. The van der Waals surface area contributed by atoms with Crippen molar-refractivity contribution in [2.45, 2.75) is 45.3 Å². The monoisotopic (exact) mass is 334 g/mol. The molecule has 2 aliphatic rings. The van der Waals surface area contributed by atoms with Crippen LogP contribution in [0.15, 0.2) is 18.2 Å². The SMILES string of the molecule is C[C@@H]1C[C@@H]1C(=O)Nc1ccc(F)cc1C(=O)N[C@@H](C)[C@@H]1CCCO1. The Balaban J connectivity index is 1.71. The van der Waals surface area contributed by atoms with Crippen LogP contribution in [0.25, 0.3) is 0 Å². The van der Waals surface area contributed by atoms with Crippen molar-refractivity contribution in [1.29, 1.82) is 0 Å². The van der Waals surface area contributed by atoms with Crippen LogP contribution in [-0.4, -0.2) is 30.6 Å². The second-order valence-corrected chi connectivity index (χ2v) is 6.81. The molecule has 1 aromatic carbocycles. The largest absolute Gasteiger partial charge is 0.376 e. The number of anilines is 1. The molecule has 24 heavy (non-hydrogen) atoms. The number of benzene rings is 1. The van der Waals surface area contributed by atoms with Gasteiger partial charge in [-0.25, -0.2) is 4.39 Å². The van der Waals surface area contributed by atoms with Crippen LogP contribution in [0.1, 0.15) is 43.5 Å².